The SMILES string of the molecule is CC(C)(CNC(=O)c1ccc(Br)o1)c1ccc(Cl)cc1. The van der Waals surface area contributed by atoms with Crippen LogP contribution in [-0.4, -0.2) is 12.5 Å². The predicted octanol–water partition coefficient (Wildman–Crippen LogP) is 4.40. The highest BCUT2D eigenvalue weighted by atomic mass is 79.9. The van der Waals surface area contributed by atoms with Crippen LogP contribution in [0.25, 0.3) is 0 Å². The minimum Gasteiger partial charge on any atom is -0.444 e. The van der Waals surface area contributed by atoms with E-state index in [1.165, 1.54) is 0 Å². The van der Waals surface area contributed by atoms with Crippen LogP contribution in [0.2, 0.25) is 5.02 Å². The molecule has 1 aromatic heterocycles. The molecule has 0 aliphatic rings. The highest BCUT2D eigenvalue weighted by molar-refractivity contribution is 9.10. The number of hydrogen-bond acceptors (Lipinski definition) is 2. The summed E-state index contributed by atoms with van der Waals surface area (Å²) in [6.45, 7) is 4.63. The highest BCUT2D eigenvalue weighted by Crippen LogP contribution is 2.24. The van der Waals surface area contributed by atoms with E-state index in [1.807, 2.05) is 24.3 Å². The Labute approximate surface area is 131 Å². The van der Waals surface area contributed by atoms with Crippen LogP contribution in [0, 0.1) is 0 Å². The predicted molar refractivity (Wildman–Crippen MR) is 83.2 cm³/mol. The zero-order chi connectivity index (χ0) is 14.8. The first-order chi connectivity index (χ1) is 9.38. The Morgan fingerprint density at radius 2 is 1.90 bits per heavy atom. The maximum absolute atomic E-state index is 11.9. The van der Waals surface area contributed by atoms with Gasteiger partial charge in [0, 0.05) is 17.0 Å². The van der Waals surface area contributed by atoms with Gasteiger partial charge in [0.25, 0.3) is 5.91 Å². The van der Waals surface area contributed by atoms with Crippen LogP contribution < -0.4 is 5.32 Å². The second kappa shape index (κ2) is 6.02. The number of furan rings is 1. The summed E-state index contributed by atoms with van der Waals surface area (Å²) in [6.07, 6.45) is 0. The molecule has 0 aliphatic carbocycles. The second-order valence-electron chi connectivity index (χ2n) is 5.18. The van der Waals surface area contributed by atoms with Crippen molar-refractivity contribution in [2.24, 2.45) is 0 Å². The quantitative estimate of drug-likeness (QED) is 0.882. The molecule has 1 aromatic carbocycles. The van der Waals surface area contributed by atoms with Crippen molar-refractivity contribution in [2.75, 3.05) is 6.54 Å². The topological polar surface area (TPSA) is 42.2 Å². The van der Waals surface area contributed by atoms with Gasteiger partial charge in [-0.15, -0.1) is 0 Å². The molecule has 0 unspecified atom stereocenters. The van der Waals surface area contributed by atoms with Crippen LogP contribution in [-0.2, 0) is 5.41 Å². The Bertz CT molecular complexity index is 605. The highest BCUT2D eigenvalue weighted by Gasteiger charge is 2.22. The molecule has 0 spiro atoms. The van der Waals surface area contributed by atoms with Crippen molar-refractivity contribution in [3.05, 3.63) is 57.4 Å². The molecule has 0 saturated carbocycles. The fraction of sp³-hybridized carbons (Fsp3) is 0.267. The monoisotopic (exact) mass is 355 g/mol. The van der Waals surface area contributed by atoms with Gasteiger partial charge in [0.1, 0.15) is 0 Å². The summed E-state index contributed by atoms with van der Waals surface area (Å²) in [5.41, 5.74) is 0.923. The van der Waals surface area contributed by atoms with Crippen LogP contribution in [0.4, 0.5) is 0 Å². The van der Waals surface area contributed by atoms with E-state index in [4.69, 9.17) is 16.0 Å². The van der Waals surface area contributed by atoms with Gasteiger partial charge in [0.05, 0.1) is 0 Å². The molecule has 20 heavy (non-hydrogen) atoms. The molecule has 5 heteroatoms. The fourth-order valence-corrected chi connectivity index (χ4v) is 2.26. The Kier molecular flexibility index (Phi) is 4.55. The molecule has 3 nitrogen and oxygen atoms in total. The van der Waals surface area contributed by atoms with E-state index in [-0.39, 0.29) is 11.3 Å². The number of carbonyl (C=O) groups is 1. The molecular formula is C15H15BrClNO2. The van der Waals surface area contributed by atoms with E-state index in [0.717, 1.165) is 5.56 Å². The zero-order valence-corrected chi connectivity index (χ0v) is 13.6. The number of benzene rings is 1. The molecule has 1 N–H and O–H groups in total. The van der Waals surface area contributed by atoms with E-state index >= 15 is 0 Å². The number of amides is 1. The molecule has 0 aliphatic heterocycles. The van der Waals surface area contributed by atoms with E-state index in [9.17, 15) is 4.79 Å². The van der Waals surface area contributed by atoms with Gasteiger partial charge >= 0.3 is 0 Å². The smallest absolute Gasteiger partial charge is 0.287 e. The summed E-state index contributed by atoms with van der Waals surface area (Å²) in [7, 11) is 0. The fourth-order valence-electron chi connectivity index (χ4n) is 1.83. The lowest BCUT2D eigenvalue weighted by Crippen LogP contribution is -2.36. The van der Waals surface area contributed by atoms with Crippen molar-refractivity contribution in [3.8, 4) is 0 Å². The molecule has 0 fully saturated rings. The van der Waals surface area contributed by atoms with E-state index < -0.39 is 0 Å². The van der Waals surface area contributed by atoms with E-state index in [1.54, 1.807) is 12.1 Å². The lowest BCUT2D eigenvalue weighted by atomic mass is 9.84. The number of hydrogen-bond donors (Lipinski definition) is 1. The van der Waals surface area contributed by atoms with Gasteiger partial charge in [-0.25, -0.2) is 0 Å². The first-order valence-electron chi connectivity index (χ1n) is 6.18. The largest absolute Gasteiger partial charge is 0.444 e. The normalized spacial score (nSPS) is 11.4. The standard InChI is InChI=1S/C15H15BrClNO2/c1-15(2,10-3-5-11(17)6-4-10)9-18-14(19)12-7-8-13(16)20-12/h3-8H,9H2,1-2H3,(H,18,19). The lowest BCUT2D eigenvalue weighted by molar-refractivity contribution is 0.0916. The summed E-state index contributed by atoms with van der Waals surface area (Å²) < 4.78 is 5.76. The summed E-state index contributed by atoms with van der Waals surface area (Å²) in [5.74, 6) is 0.0709. The van der Waals surface area contributed by atoms with Gasteiger partial charge in [0.15, 0.2) is 10.4 Å². The average Bonchev–Trinajstić information content (AvgIpc) is 2.83. The van der Waals surface area contributed by atoms with Crippen molar-refractivity contribution >= 4 is 33.4 Å². The first kappa shape index (κ1) is 15.1. The summed E-state index contributed by atoms with van der Waals surface area (Å²) in [4.78, 5) is 11.9. The third kappa shape index (κ3) is 3.64. The Balaban J connectivity index is 2.02. The summed E-state index contributed by atoms with van der Waals surface area (Å²) >= 11 is 9.06. The van der Waals surface area contributed by atoms with Crippen LogP contribution in [0.3, 0.4) is 0 Å². The Morgan fingerprint density at radius 3 is 2.45 bits per heavy atom. The third-order valence-electron chi connectivity index (χ3n) is 3.11. The van der Waals surface area contributed by atoms with Gasteiger partial charge in [-0.3, -0.25) is 4.79 Å². The first-order valence-corrected chi connectivity index (χ1v) is 7.35. The van der Waals surface area contributed by atoms with Crippen molar-refractivity contribution in [1.29, 1.82) is 0 Å². The van der Waals surface area contributed by atoms with Gasteiger partial charge in [-0.05, 0) is 45.8 Å². The van der Waals surface area contributed by atoms with Crippen molar-refractivity contribution in [3.63, 3.8) is 0 Å². The van der Waals surface area contributed by atoms with Crippen molar-refractivity contribution < 1.29 is 9.21 Å². The van der Waals surface area contributed by atoms with E-state index in [2.05, 4.69) is 35.1 Å². The lowest BCUT2D eigenvalue weighted by Gasteiger charge is -2.25. The minimum atomic E-state index is -0.224. The van der Waals surface area contributed by atoms with Crippen LogP contribution in [0.1, 0.15) is 30.0 Å². The molecule has 0 atom stereocenters. The van der Waals surface area contributed by atoms with E-state index in [0.29, 0.717) is 22.0 Å². The third-order valence-corrected chi connectivity index (χ3v) is 3.79. The molecular weight excluding hydrogens is 342 g/mol. The summed E-state index contributed by atoms with van der Waals surface area (Å²) in [5, 5.41) is 3.58. The Morgan fingerprint density at radius 1 is 1.25 bits per heavy atom. The molecule has 2 rings (SSSR count). The summed E-state index contributed by atoms with van der Waals surface area (Å²) in [6, 6.07) is 11.0. The Hall–Kier alpha value is -1.26. The number of rotatable bonds is 4. The molecule has 0 bridgehead atoms. The van der Waals surface area contributed by atoms with Gasteiger partial charge in [-0.1, -0.05) is 37.6 Å². The molecule has 0 saturated heterocycles. The van der Waals surface area contributed by atoms with Gasteiger partial charge < -0.3 is 9.73 Å². The molecule has 106 valence electrons. The van der Waals surface area contributed by atoms with Gasteiger partial charge in [-0.2, -0.15) is 0 Å². The number of nitrogens with one attached hydrogen (secondary N) is 1. The van der Waals surface area contributed by atoms with Crippen LogP contribution in [0.15, 0.2) is 45.5 Å². The van der Waals surface area contributed by atoms with Crippen LogP contribution >= 0.6 is 27.5 Å². The average molecular weight is 357 g/mol. The van der Waals surface area contributed by atoms with Crippen LogP contribution in [0.5, 0.6) is 0 Å². The number of carbonyl (C=O) groups excluding carboxylic acids is 1. The van der Waals surface area contributed by atoms with Crippen molar-refractivity contribution in [1.82, 2.24) is 5.32 Å². The molecule has 1 heterocycles. The van der Waals surface area contributed by atoms with Gasteiger partial charge in [0.2, 0.25) is 0 Å². The second-order valence-corrected chi connectivity index (χ2v) is 6.40. The zero-order valence-electron chi connectivity index (χ0n) is 11.2. The van der Waals surface area contributed by atoms with Crippen molar-refractivity contribution in [2.45, 2.75) is 19.3 Å². The molecule has 0 radical (unpaired) electrons. The molecule has 2 aromatic rings. The number of halogens is 2. The molecule has 1 amide bonds. The minimum absolute atomic E-state index is 0.190. The maximum atomic E-state index is 11.9. The maximum Gasteiger partial charge on any atom is 0.287 e.